The topological polar surface area (TPSA) is 87.0 Å². The Morgan fingerprint density at radius 3 is 2.67 bits per heavy atom. The first kappa shape index (κ1) is 11.3. The molecule has 1 rings (SSSR count). The Labute approximate surface area is 86.5 Å². The van der Waals surface area contributed by atoms with Gasteiger partial charge in [-0.25, -0.2) is 4.79 Å². The molecule has 0 aliphatic heterocycles. The molecule has 1 aromatic rings. The van der Waals surface area contributed by atoms with Gasteiger partial charge in [0.25, 0.3) is 0 Å². The van der Waals surface area contributed by atoms with Gasteiger partial charge >= 0.3 is 5.97 Å². The monoisotopic (exact) mass is 212 g/mol. The largest absolute Gasteiger partial charge is 0.508 e. The lowest BCUT2D eigenvalue weighted by Crippen LogP contribution is -2.21. The highest BCUT2D eigenvalue weighted by Gasteiger charge is 2.15. The molecule has 0 saturated heterocycles. The number of aliphatic carboxylic acids is 1. The molecule has 15 heavy (non-hydrogen) atoms. The van der Waals surface area contributed by atoms with E-state index in [-0.39, 0.29) is 12.2 Å². The number of aliphatic hydroxyl groups is 1. The van der Waals surface area contributed by atoms with E-state index in [9.17, 15) is 9.90 Å². The Morgan fingerprint density at radius 2 is 2.20 bits per heavy atom. The summed E-state index contributed by atoms with van der Waals surface area (Å²) in [4.78, 5) is 10.4. The average molecular weight is 212 g/mol. The van der Waals surface area contributed by atoms with Gasteiger partial charge in [-0.1, -0.05) is 6.07 Å². The predicted molar refractivity (Wildman–Crippen MR) is 52.0 cm³/mol. The summed E-state index contributed by atoms with van der Waals surface area (Å²) in [5.74, 6) is -0.930. The summed E-state index contributed by atoms with van der Waals surface area (Å²) in [7, 11) is 1.46. The smallest absolute Gasteiger partial charge is 0.332 e. The molecule has 1 atom stereocenters. The number of carboxylic acids is 1. The predicted octanol–water partition coefficient (Wildman–Crippen LogP) is 0.389. The maximum absolute atomic E-state index is 10.4. The molecule has 0 aromatic heterocycles. The van der Waals surface area contributed by atoms with Crippen LogP contribution in [0.15, 0.2) is 18.2 Å². The van der Waals surface area contributed by atoms with Gasteiger partial charge < -0.3 is 20.1 Å². The quantitative estimate of drug-likeness (QED) is 0.672. The zero-order valence-corrected chi connectivity index (χ0v) is 8.17. The lowest BCUT2D eigenvalue weighted by Gasteiger charge is -2.08. The number of carboxylic acid groups (broad SMARTS) is 1. The number of phenolic OH excluding ortho intramolecular Hbond substituents is 1. The third-order valence-corrected chi connectivity index (χ3v) is 1.99. The van der Waals surface area contributed by atoms with Crippen LogP contribution in [0.4, 0.5) is 0 Å². The highest BCUT2D eigenvalue weighted by atomic mass is 16.5. The van der Waals surface area contributed by atoms with E-state index in [0.29, 0.717) is 11.3 Å². The van der Waals surface area contributed by atoms with Gasteiger partial charge in [0, 0.05) is 12.5 Å². The van der Waals surface area contributed by atoms with E-state index in [4.69, 9.17) is 14.9 Å². The number of carbonyl (C=O) groups is 1. The van der Waals surface area contributed by atoms with Gasteiger partial charge in [-0.3, -0.25) is 0 Å². The molecular weight excluding hydrogens is 200 g/mol. The van der Waals surface area contributed by atoms with Crippen LogP contribution in [-0.2, 0) is 11.2 Å². The van der Waals surface area contributed by atoms with Crippen LogP contribution in [0.2, 0.25) is 0 Å². The fourth-order valence-electron chi connectivity index (χ4n) is 1.14. The second-order valence-corrected chi connectivity index (χ2v) is 3.05. The minimum atomic E-state index is -1.51. The highest BCUT2D eigenvalue weighted by Crippen LogP contribution is 2.24. The summed E-state index contributed by atoms with van der Waals surface area (Å²) >= 11 is 0. The van der Waals surface area contributed by atoms with E-state index in [1.54, 1.807) is 6.07 Å². The first-order valence-corrected chi connectivity index (χ1v) is 4.31. The van der Waals surface area contributed by atoms with E-state index in [0.717, 1.165) is 0 Å². The van der Waals surface area contributed by atoms with Crippen molar-refractivity contribution in [3.05, 3.63) is 23.8 Å². The molecule has 82 valence electrons. The molecule has 0 radical (unpaired) electrons. The molecule has 5 heteroatoms. The Kier molecular flexibility index (Phi) is 3.51. The fraction of sp³-hybridized carbons (Fsp3) is 0.300. The van der Waals surface area contributed by atoms with Crippen molar-refractivity contribution in [2.75, 3.05) is 7.11 Å². The number of rotatable bonds is 4. The average Bonchev–Trinajstić information content (AvgIpc) is 2.20. The Hall–Kier alpha value is -1.75. The van der Waals surface area contributed by atoms with Crippen LogP contribution in [0.5, 0.6) is 11.5 Å². The standard InChI is InChI=1S/C10H12O5/c1-15-7-3-2-6(8(11)5-7)4-9(12)10(13)14/h2-3,5,9,11-12H,4H2,1H3,(H,13,14)/t9-/m0/s1. The summed E-state index contributed by atoms with van der Waals surface area (Å²) in [6, 6.07) is 4.47. The van der Waals surface area contributed by atoms with Crippen LogP contribution < -0.4 is 4.74 Å². The number of aromatic hydroxyl groups is 1. The van der Waals surface area contributed by atoms with Crippen LogP contribution >= 0.6 is 0 Å². The van der Waals surface area contributed by atoms with Crippen molar-refractivity contribution in [1.29, 1.82) is 0 Å². The zero-order chi connectivity index (χ0) is 11.4. The molecule has 5 nitrogen and oxygen atoms in total. The number of methoxy groups -OCH3 is 1. The van der Waals surface area contributed by atoms with Gasteiger partial charge in [-0.15, -0.1) is 0 Å². The maximum atomic E-state index is 10.4. The van der Waals surface area contributed by atoms with Crippen molar-refractivity contribution in [2.45, 2.75) is 12.5 Å². The number of benzene rings is 1. The van der Waals surface area contributed by atoms with E-state index in [1.807, 2.05) is 0 Å². The van der Waals surface area contributed by atoms with Crippen molar-refractivity contribution in [2.24, 2.45) is 0 Å². The third kappa shape index (κ3) is 2.85. The van der Waals surface area contributed by atoms with Gasteiger partial charge in [0.05, 0.1) is 7.11 Å². The molecule has 1 aromatic carbocycles. The van der Waals surface area contributed by atoms with Crippen molar-refractivity contribution in [3.8, 4) is 11.5 Å². The molecule has 0 fully saturated rings. The Balaban J connectivity index is 2.82. The molecule has 0 saturated carbocycles. The fourth-order valence-corrected chi connectivity index (χ4v) is 1.14. The van der Waals surface area contributed by atoms with Gasteiger partial charge in [-0.05, 0) is 11.6 Å². The normalized spacial score (nSPS) is 12.1. The van der Waals surface area contributed by atoms with Gasteiger partial charge in [0.15, 0.2) is 6.10 Å². The van der Waals surface area contributed by atoms with Crippen molar-refractivity contribution < 1.29 is 24.9 Å². The van der Waals surface area contributed by atoms with Gasteiger partial charge in [0.1, 0.15) is 11.5 Å². The third-order valence-electron chi connectivity index (χ3n) is 1.99. The summed E-state index contributed by atoms with van der Waals surface area (Å²) in [5, 5.41) is 27.0. The maximum Gasteiger partial charge on any atom is 0.332 e. The molecule has 3 N–H and O–H groups in total. The van der Waals surface area contributed by atoms with E-state index in [1.165, 1.54) is 19.2 Å². The molecule has 0 spiro atoms. The first-order valence-electron chi connectivity index (χ1n) is 4.31. The molecule has 0 aliphatic carbocycles. The molecule has 0 amide bonds. The van der Waals surface area contributed by atoms with Crippen molar-refractivity contribution in [1.82, 2.24) is 0 Å². The molecule has 0 bridgehead atoms. The van der Waals surface area contributed by atoms with Crippen molar-refractivity contribution in [3.63, 3.8) is 0 Å². The number of ether oxygens (including phenoxy) is 1. The number of aliphatic hydroxyl groups excluding tert-OH is 1. The Morgan fingerprint density at radius 1 is 1.53 bits per heavy atom. The van der Waals surface area contributed by atoms with Crippen LogP contribution in [-0.4, -0.2) is 34.5 Å². The van der Waals surface area contributed by atoms with Crippen LogP contribution in [0.25, 0.3) is 0 Å². The molecule has 0 aliphatic rings. The van der Waals surface area contributed by atoms with Crippen LogP contribution in [0.1, 0.15) is 5.56 Å². The van der Waals surface area contributed by atoms with E-state index < -0.39 is 12.1 Å². The SMILES string of the molecule is COc1ccc(C[C@H](O)C(=O)O)c(O)c1. The van der Waals surface area contributed by atoms with Crippen LogP contribution in [0.3, 0.4) is 0 Å². The first-order chi connectivity index (χ1) is 7.04. The van der Waals surface area contributed by atoms with E-state index >= 15 is 0 Å². The minimum Gasteiger partial charge on any atom is -0.508 e. The molecule has 0 heterocycles. The number of hydrogen-bond donors (Lipinski definition) is 3. The number of hydrogen-bond acceptors (Lipinski definition) is 4. The van der Waals surface area contributed by atoms with Crippen LogP contribution in [0, 0.1) is 0 Å². The van der Waals surface area contributed by atoms with Gasteiger partial charge in [0.2, 0.25) is 0 Å². The van der Waals surface area contributed by atoms with E-state index in [2.05, 4.69) is 0 Å². The lowest BCUT2D eigenvalue weighted by atomic mass is 10.1. The lowest BCUT2D eigenvalue weighted by molar-refractivity contribution is -0.146. The highest BCUT2D eigenvalue weighted by molar-refractivity contribution is 5.72. The summed E-state index contributed by atoms with van der Waals surface area (Å²) in [6.45, 7) is 0. The Bertz CT molecular complexity index is 361. The zero-order valence-electron chi connectivity index (χ0n) is 8.17. The summed E-state index contributed by atoms with van der Waals surface area (Å²) in [5.41, 5.74) is 0.366. The minimum absolute atomic E-state index is 0.0883. The van der Waals surface area contributed by atoms with Crippen molar-refractivity contribution >= 4 is 5.97 Å². The second-order valence-electron chi connectivity index (χ2n) is 3.05. The molecular formula is C10H12O5. The summed E-state index contributed by atoms with van der Waals surface area (Å²) in [6.07, 6.45) is -1.64. The molecule has 0 unspecified atom stereocenters. The second kappa shape index (κ2) is 4.65. The number of phenols is 1. The van der Waals surface area contributed by atoms with Gasteiger partial charge in [-0.2, -0.15) is 0 Å². The summed E-state index contributed by atoms with van der Waals surface area (Å²) < 4.78 is 4.86.